The van der Waals surface area contributed by atoms with Crippen LogP contribution in [0, 0.1) is 0 Å². The maximum absolute atomic E-state index is 12.4. The Morgan fingerprint density at radius 1 is 1.11 bits per heavy atom. The molecule has 3 aromatic rings. The molecule has 140 valence electrons. The highest BCUT2D eigenvalue weighted by Crippen LogP contribution is 2.17. The predicted octanol–water partition coefficient (Wildman–Crippen LogP) is 3.14. The molecule has 1 heterocycles. The molecule has 0 spiro atoms. The van der Waals surface area contributed by atoms with Crippen LogP contribution in [0.3, 0.4) is 0 Å². The molecule has 1 N–H and O–H groups in total. The number of rotatable bonds is 8. The van der Waals surface area contributed by atoms with Gasteiger partial charge in [0.25, 0.3) is 5.91 Å². The Hall–Kier alpha value is -3.28. The first kappa shape index (κ1) is 18.5. The van der Waals surface area contributed by atoms with Crippen LogP contribution in [0.5, 0.6) is 11.5 Å². The average Bonchev–Trinajstić information content (AvgIpc) is 3.20. The number of ether oxygens (including phenoxy) is 2. The van der Waals surface area contributed by atoms with Crippen LogP contribution in [0.25, 0.3) is 0 Å². The largest absolute Gasteiger partial charge is 0.497 e. The van der Waals surface area contributed by atoms with Crippen molar-refractivity contribution in [2.45, 2.75) is 19.5 Å². The third-order valence-corrected chi connectivity index (χ3v) is 4.08. The van der Waals surface area contributed by atoms with Gasteiger partial charge >= 0.3 is 0 Å². The number of nitrogens with one attached hydrogen (secondary N) is 1. The monoisotopic (exact) mass is 365 g/mol. The second-order valence-corrected chi connectivity index (χ2v) is 6.29. The van der Waals surface area contributed by atoms with E-state index in [-0.39, 0.29) is 11.9 Å². The van der Waals surface area contributed by atoms with Crippen molar-refractivity contribution in [1.82, 2.24) is 14.9 Å². The van der Waals surface area contributed by atoms with E-state index in [1.807, 2.05) is 66.2 Å². The van der Waals surface area contributed by atoms with Crippen LogP contribution in [-0.4, -0.2) is 35.2 Å². The Balaban J connectivity index is 1.48. The second kappa shape index (κ2) is 8.89. The van der Waals surface area contributed by atoms with Crippen LogP contribution in [0.4, 0.5) is 0 Å². The molecule has 0 bridgehead atoms. The summed E-state index contributed by atoms with van der Waals surface area (Å²) in [6.07, 6.45) is 5.42. The molecule has 0 aliphatic carbocycles. The highest BCUT2D eigenvalue weighted by Gasteiger charge is 2.10. The highest BCUT2D eigenvalue weighted by atomic mass is 16.5. The fourth-order valence-corrected chi connectivity index (χ4v) is 2.59. The van der Waals surface area contributed by atoms with Crippen molar-refractivity contribution < 1.29 is 14.3 Å². The number of benzene rings is 2. The van der Waals surface area contributed by atoms with Crippen LogP contribution in [0.1, 0.15) is 22.8 Å². The molecule has 0 aliphatic heterocycles. The van der Waals surface area contributed by atoms with E-state index in [0.717, 1.165) is 23.6 Å². The maximum Gasteiger partial charge on any atom is 0.251 e. The molecule has 3 rings (SSSR count). The van der Waals surface area contributed by atoms with Gasteiger partial charge in [0, 0.05) is 24.5 Å². The molecule has 0 saturated carbocycles. The molecular formula is C21H23N3O3. The van der Waals surface area contributed by atoms with E-state index in [0.29, 0.717) is 12.2 Å². The molecule has 2 aromatic carbocycles. The minimum atomic E-state index is -0.120. The Morgan fingerprint density at radius 2 is 1.81 bits per heavy atom. The summed E-state index contributed by atoms with van der Waals surface area (Å²) in [6.45, 7) is 3.03. The zero-order valence-corrected chi connectivity index (χ0v) is 15.5. The molecule has 0 unspecified atom stereocenters. The molecular weight excluding hydrogens is 342 g/mol. The molecule has 1 aromatic heterocycles. The van der Waals surface area contributed by atoms with E-state index in [2.05, 4.69) is 10.3 Å². The molecule has 0 aliphatic rings. The lowest BCUT2D eigenvalue weighted by atomic mass is 10.1. The van der Waals surface area contributed by atoms with E-state index >= 15 is 0 Å². The molecule has 0 fully saturated rings. The van der Waals surface area contributed by atoms with Crippen molar-refractivity contribution in [3.05, 3.63) is 78.4 Å². The van der Waals surface area contributed by atoms with Crippen molar-refractivity contribution in [3.63, 3.8) is 0 Å². The van der Waals surface area contributed by atoms with Crippen LogP contribution in [-0.2, 0) is 6.54 Å². The Morgan fingerprint density at radius 3 is 2.44 bits per heavy atom. The normalized spacial score (nSPS) is 11.6. The Kier molecular flexibility index (Phi) is 6.10. The van der Waals surface area contributed by atoms with Crippen molar-refractivity contribution in [1.29, 1.82) is 0 Å². The lowest BCUT2D eigenvalue weighted by Crippen LogP contribution is -2.36. The van der Waals surface area contributed by atoms with Crippen LogP contribution in [0.15, 0.2) is 67.3 Å². The van der Waals surface area contributed by atoms with Crippen molar-refractivity contribution in [2.24, 2.45) is 0 Å². The predicted molar refractivity (Wildman–Crippen MR) is 103 cm³/mol. The van der Waals surface area contributed by atoms with Crippen molar-refractivity contribution in [3.8, 4) is 11.5 Å². The Bertz CT molecular complexity index is 843. The summed E-state index contributed by atoms with van der Waals surface area (Å²) in [5.41, 5.74) is 1.74. The highest BCUT2D eigenvalue weighted by molar-refractivity contribution is 5.94. The molecule has 6 heteroatoms. The fraction of sp³-hybridized carbons (Fsp3) is 0.238. The molecule has 0 radical (unpaired) electrons. The van der Waals surface area contributed by atoms with Gasteiger partial charge in [-0.25, -0.2) is 4.98 Å². The quantitative estimate of drug-likeness (QED) is 0.666. The van der Waals surface area contributed by atoms with E-state index < -0.39 is 0 Å². The minimum Gasteiger partial charge on any atom is -0.497 e. The fourth-order valence-electron chi connectivity index (χ4n) is 2.59. The van der Waals surface area contributed by atoms with Gasteiger partial charge in [0.1, 0.15) is 18.1 Å². The Labute approximate surface area is 158 Å². The van der Waals surface area contributed by atoms with Crippen molar-refractivity contribution in [2.75, 3.05) is 13.7 Å². The summed E-state index contributed by atoms with van der Waals surface area (Å²) in [5.74, 6) is 1.40. The number of carbonyl (C=O) groups is 1. The van der Waals surface area contributed by atoms with E-state index in [1.165, 1.54) is 0 Å². The smallest absolute Gasteiger partial charge is 0.251 e. The number of aromatic nitrogens is 2. The number of carbonyl (C=O) groups excluding carboxylic acids is 1. The lowest BCUT2D eigenvalue weighted by Gasteiger charge is -2.15. The van der Waals surface area contributed by atoms with Gasteiger partial charge in [0.05, 0.1) is 19.5 Å². The zero-order valence-electron chi connectivity index (χ0n) is 15.5. The average molecular weight is 365 g/mol. The van der Waals surface area contributed by atoms with E-state index in [4.69, 9.17) is 9.47 Å². The summed E-state index contributed by atoms with van der Waals surface area (Å²) < 4.78 is 12.8. The minimum absolute atomic E-state index is 0.116. The number of imidazole rings is 1. The second-order valence-electron chi connectivity index (χ2n) is 6.29. The van der Waals surface area contributed by atoms with Gasteiger partial charge in [-0.2, -0.15) is 0 Å². The SMILES string of the molecule is COc1ccc(OC[C@@H](C)NC(=O)c2ccc(Cn3ccnc3)cc2)cc1. The number of hydrogen-bond donors (Lipinski definition) is 1. The first-order valence-corrected chi connectivity index (χ1v) is 8.76. The first-order valence-electron chi connectivity index (χ1n) is 8.76. The van der Waals surface area contributed by atoms with Gasteiger partial charge in [-0.1, -0.05) is 12.1 Å². The topological polar surface area (TPSA) is 65.4 Å². The molecule has 0 saturated heterocycles. The van der Waals surface area contributed by atoms with E-state index in [1.54, 1.807) is 19.6 Å². The van der Waals surface area contributed by atoms with Crippen molar-refractivity contribution >= 4 is 5.91 Å². The maximum atomic E-state index is 12.4. The number of methoxy groups -OCH3 is 1. The van der Waals surface area contributed by atoms with Gasteiger partial charge in [0.15, 0.2) is 0 Å². The third-order valence-electron chi connectivity index (χ3n) is 4.08. The van der Waals surface area contributed by atoms with Crippen LogP contribution < -0.4 is 14.8 Å². The number of nitrogens with zero attached hydrogens (tertiary/aromatic N) is 2. The summed E-state index contributed by atoms with van der Waals surface area (Å²) >= 11 is 0. The summed E-state index contributed by atoms with van der Waals surface area (Å²) in [7, 11) is 1.62. The summed E-state index contributed by atoms with van der Waals surface area (Å²) in [6, 6.07) is 14.8. The lowest BCUT2D eigenvalue weighted by molar-refractivity contribution is 0.0926. The van der Waals surface area contributed by atoms with E-state index in [9.17, 15) is 4.79 Å². The number of amides is 1. The standard InChI is InChI=1S/C21H23N3O3/c1-16(14-27-20-9-7-19(26-2)8-10-20)23-21(25)18-5-3-17(4-6-18)13-24-12-11-22-15-24/h3-12,15-16H,13-14H2,1-2H3,(H,23,25)/t16-/m1/s1. The third kappa shape index (κ3) is 5.34. The molecule has 1 atom stereocenters. The number of hydrogen-bond acceptors (Lipinski definition) is 4. The van der Waals surface area contributed by atoms with Gasteiger partial charge in [-0.05, 0) is 48.9 Å². The first-order chi connectivity index (χ1) is 13.1. The summed E-state index contributed by atoms with van der Waals surface area (Å²) in [4.78, 5) is 16.4. The van der Waals surface area contributed by atoms with Crippen LogP contribution in [0.2, 0.25) is 0 Å². The van der Waals surface area contributed by atoms with Gasteiger partial charge in [-0.15, -0.1) is 0 Å². The van der Waals surface area contributed by atoms with Gasteiger partial charge < -0.3 is 19.4 Å². The molecule has 6 nitrogen and oxygen atoms in total. The zero-order chi connectivity index (χ0) is 19.1. The van der Waals surface area contributed by atoms with Gasteiger partial charge in [-0.3, -0.25) is 4.79 Å². The van der Waals surface area contributed by atoms with Crippen LogP contribution >= 0.6 is 0 Å². The summed E-state index contributed by atoms with van der Waals surface area (Å²) in [5, 5.41) is 2.95. The van der Waals surface area contributed by atoms with Gasteiger partial charge in [0.2, 0.25) is 0 Å². The molecule has 1 amide bonds. The molecule has 27 heavy (non-hydrogen) atoms.